The van der Waals surface area contributed by atoms with Crippen LogP contribution in [0.15, 0.2) is 12.1 Å². The van der Waals surface area contributed by atoms with Crippen LogP contribution in [0.25, 0.3) is 0 Å². The summed E-state index contributed by atoms with van der Waals surface area (Å²) in [6, 6.07) is 3.88. The maximum atomic E-state index is 12.8. The fourth-order valence-electron chi connectivity index (χ4n) is 3.47. The number of nitrogens with one attached hydrogen (secondary N) is 3. The van der Waals surface area contributed by atoms with E-state index in [1.54, 1.807) is 6.92 Å². The predicted octanol–water partition coefficient (Wildman–Crippen LogP) is 5.97. The summed E-state index contributed by atoms with van der Waals surface area (Å²) in [7, 11) is 0. The van der Waals surface area contributed by atoms with E-state index in [-0.39, 0.29) is 18.0 Å². The van der Waals surface area contributed by atoms with E-state index in [2.05, 4.69) is 34.8 Å². The Balaban J connectivity index is 1.98. The second-order valence-corrected chi connectivity index (χ2v) is 9.48. The predicted molar refractivity (Wildman–Crippen MR) is 126 cm³/mol. The van der Waals surface area contributed by atoms with Crippen molar-refractivity contribution in [2.24, 2.45) is 5.92 Å². The van der Waals surface area contributed by atoms with Gasteiger partial charge in [-0.2, -0.15) is 0 Å². The Morgan fingerprint density at radius 1 is 1.00 bits per heavy atom. The van der Waals surface area contributed by atoms with Crippen molar-refractivity contribution in [1.29, 1.82) is 0 Å². The molecule has 0 bridgehead atoms. The number of carbonyl (C=O) groups excluding carboxylic acids is 2. The molecule has 1 aromatic heterocycles. The molecule has 2 rings (SSSR count). The van der Waals surface area contributed by atoms with Crippen molar-refractivity contribution in [3.63, 3.8) is 0 Å². The third-order valence-corrected chi connectivity index (χ3v) is 6.01. The summed E-state index contributed by atoms with van der Waals surface area (Å²) < 4.78 is 0. The van der Waals surface area contributed by atoms with Gasteiger partial charge in [0.05, 0.1) is 5.69 Å². The van der Waals surface area contributed by atoms with Gasteiger partial charge in [-0.25, -0.2) is 9.78 Å². The molecule has 164 valence electrons. The number of thiazole rings is 1. The smallest absolute Gasteiger partial charge is 0.321 e. The van der Waals surface area contributed by atoms with Crippen LogP contribution in [0.1, 0.15) is 72.1 Å². The number of anilines is 2. The van der Waals surface area contributed by atoms with Gasteiger partial charge < -0.3 is 10.6 Å². The molecule has 6 nitrogen and oxygen atoms in total. The first-order valence-electron chi connectivity index (χ1n) is 10.5. The lowest BCUT2D eigenvalue weighted by molar-refractivity contribution is 0.102. The molecular weight excluding hydrogens is 396 g/mol. The topological polar surface area (TPSA) is 83.1 Å². The van der Waals surface area contributed by atoms with Crippen molar-refractivity contribution < 1.29 is 9.59 Å². The zero-order chi connectivity index (χ0) is 22.4. The van der Waals surface area contributed by atoms with Gasteiger partial charge in [-0.1, -0.05) is 55.7 Å². The summed E-state index contributed by atoms with van der Waals surface area (Å²) in [5.74, 6) is 0.455. The fourth-order valence-corrected chi connectivity index (χ4v) is 4.33. The van der Waals surface area contributed by atoms with Crippen LogP contribution in [0.2, 0.25) is 0 Å². The van der Waals surface area contributed by atoms with Crippen molar-refractivity contribution in [2.45, 2.75) is 73.8 Å². The zero-order valence-corrected chi connectivity index (χ0v) is 19.9. The molecule has 0 saturated heterocycles. The van der Waals surface area contributed by atoms with E-state index in [1.165, 1.54) is 11.3 Å². The Kier molecular flexibility index (Phi) is 8.41. The molecule has 3 amide bonds. The number of amides is 3. The van der Waals surface area contributed by atoms with Crippen LogP contribution in [-0.4, -0.2) is 23.0 Å². The highest BCUT2D eigenvalue weighted by molar-refractivity contribution is 7.17. The Hall–Kier alpha value is -2.41. The van der Waals surface area contributed by atoms with Gasteiger partial charge in [-0.3, -0.25) is 10.1 Å². The standard InChI is InChI=1S/C23H34N4O2S/c1-13(2)9-8-10-17(6)24-22(29)27-23-25-18(7)20(30-23)21(28)26-19-15(4)11-14(3)12-16(19)5/h11-13,17H,8-10H2,1-7H3,(H,26,28)(H2,24,25,27,29). The molecule has 3 N–H and O–H groups in total. The largest absolute Gasteiger partial charge is 0.335 e. The molecule has 1 atom stereocenters. The van der Waals surface area contributed by atoms with E-state index in [1.807, 2.05) is 39.8 Å². The van der Waals surface area contributed by atoms with Crippen LogP contribution in [0.4, 0.5) is 15.6 Å². The minimum Gasteiger partial charge on any atom is -0.335 e. The van der Waals surface area contributed by atoms with E-state index in [4.69, 9.17) is 0 Å². The summed E-state index contributed by atoms with van der Waals surface area (Å²) in [5, 5.41) is 9.11. The van der Waals surface area contributed by atoms with Gasteiger partial charge in [0.15, 0.2) is 5.13 Å². The van der Waals surface area contributed by atoms with Gasteiger partial charge in [0, 0.05) is 11.7 Å². The quantitative estimate of drug-likeness (QED) is 0.483. The Labute approximate surface area is 183 Å². The first-order valence-corrected chi connectivity index (χ1v) is 11.3. The molecule has 0 aliphatic rings. The lowest BCUT2D eigenvalue weighted by atomic mass is 10.0. The van der Waals surface area contributed by atoms with Crippen LogP contribution >= 0.6 is 11.3 Å². The van der Waals surface area contributed by atoms with E-state index >= 15 is 0 Å². The molecule has 1 aromatic carbocycles. The van der Waals surface area contributed by atoms with E-state index in [9.17, 15) is 9.59 Å². The van der Waals surface area contributed by atoms with Gasteiger partial charge in [-0.05, 0) is 58.1 Å². The zero-order valence-electron chi connectivity index (χ0n) is 19.1. The number of aromatic nitrogens is 1. The Morgan fingerprint density at radius 3 is 2.23 bits per heavy atom. The van der Waals surface area contributed by atoms with Crippen LogP contribution in [0.5, 0.6) is 0 Å². The summed E-state index contributed by atoms with van der Waals surface area (Å²) in [4.78, 5) is 29.9. The summed E-state index contributed by atoms with van der Waals surface area (Å²) in [6.07, 6.45) is 3.17. The van der Waals surface area contributed by atoms with E-state index < -0.39 is 0 Å². The summed E-state index contributed by atoms with van der Waals surface area (Å²) in [5.41, 5.74) is 4.62. The minimum atomic E-state index is -0.294. The summed E-state index contributed by atoms with van der Waals surface area (Å²) >= 11 is 1.18. The molecule has 1 heterocycles. The third kappa shape index (κ3) is 6.83. The highest BCUT2D eigenvalue weighted by atomic mass is 32.1. The molecular formula is C23H34N4O2S. The van der Waals surface area contributed by atoms with Gasteiger partial charge in [-0.15, -0.1) is 0 Å². The molecule has 0 radical (unpaired) electrons. The second kappa shape index (κ2) is 10.6. The first-order chi connectivity index (χ1) is 14.1. The number of hydrogen-bond donors (Lipinski definition) is 3. The van der Waals surface area contributed by atoms with Crippen molar-refractivity contribution >= 4 is 34.1 Å². The highest BCUT2D eigenvalue weighted by Gasteiger charge is 2.18. The average molecular weight is 431 g/mol. The first kappa shape index (κ1) is 23.9. The van der Waals surface area contributed by atoms with E-state index in [0.717, 1.165) is 41.6 Å². The third-order valence-electron chi connectivity index (χ3n) is 4.93. The maximum absolute atomic E-state index is 12.8. The van der Waals surface area contributed by atoms with Crippen molar-refractivity contribution in [2.75, 3.05) is 10.6 Å². The van der Waals surface area contributed by atoms with Crippen molar-refractivity contribution in [1.82, 2.24) is 10.3 Å². The molecule has 0 aliphatic carbocycles. The molecule has 0 fully saturated rings. The number of carbonyl (C=O) groups is 2. The molecule has 0 saturated carbocycles. The number of urea groups is 1. The SMILES string of the molecule is Cc1cc(C)c(NC(=O)c2sc(NC(=O)NC(C)CCCC(C)C)nc2C)c(C)c1. The molecule has 0 aliphatic heterocycles. The second-order valence-electron chi connectivity index (χ2n) is 8.49. The molecule has 0 spiro atoms. The van der Waals surface area contributed by atoms with Gasteiger partial charge in [0.1, 0.15) is 4.88 Å². The maximum Gasteiger partial charge on any atom is 0.321 e. The number of benzene rings is 1. The Bertz CT molecular complexity index is 882. The number of nitrogens with zero attached hydrogens (tertiary/aromatic N) is 1. The highest BCUT2D eigenvalue weighted by Crippen LogP contribution is 2.26. The Morgan fingerprint density at radius 2 is 1.63 bits per heavy atom. The normalized spacial score (nSPS) is 12.0. The summed E-state index contributed by atoms with van der Waals surface area (Å²) in [6.45, 7) is 14.2. The lowest BCUT2D eigenvalue weighted by Gasteiger charge is -2.14. The lowest BCUT2D eigenvalue weighted by Crippen LogP contribution is -2.36. The fraction of sp³-hybridized carbons (Fsp3) is 0.522. The van der Waals surface area contributed by atoms with Crippen molar-refractivity contribution in [3.05, 3.63) is 39.4 Å². The van der Waals surface area contributed by atoms with Gasteiger partial charge in [0.2, 0.25) is 0 Å². The molecule has 2 aromatic rings. The van der Waals surface area contributed by atoms with Crippen LogP contribution in [0, 0.1) is 33.6 Å². The minimum absolute atomic E-state index is 0.0834. The number of aryl methyl sites for hydroxylation is 4. The van der Waals surface area contributed by atoms with Gasteiger partial charge in [0.25, 0.3) is 5.91 Å². The van der Waals surface area contributed by atoms with Gasteiger partial charge >= 0.3 is 6.03 Å². The van der Waals surface area contributed by atoms with E-state index in [0.29, 0.717) is 21.6 Å². The van der Waals surface area contributed by atoms with Crippen LogP contribution < -0.4 is 16.0 Å². The molecule has 30 heavy (non-hydrogen) atoms. The number of rotatable bonds is 8. The number of hydrogen-bond acceptors (Lipinski definition) is 4. The van der Waals surface area contributed by atoms with Crippen molar-refractivity contribution in [3.8, 4) is 0 Å². The average Bonchev–Trinajstić information content (AvgIpc) is 2.97. The molecule has 7 heteroatoms. The van der Waals surface area contributed by atoms with Crippen LogP contribution in [0.3, 0.4) is 0 Å². The molecule has 1 unspecified atom stereocenters. The monoisotopic (exact) mass is 430 g/mol. The van der Waals surface area contributed by atoms with Crippen LogP contribution in [-0.2, 0) is 0 Å².